The van der Waals surface area contributed by atoms with E-state index in [0.717, 1.165) is 6.61 Å². The van der Waals surface area contributed by atoms with E-state index in [1.807, 2.05) is 0 Å². The molecule has 1 nitrogen and oxygen atoms in total. The third-order valence-electron chi connectivity index (χ3n) is 2.17. The number of rotatable bonds is 2. The standard InChI is InChI=1S/C8H16OSi.Pt/c1-3-10(2)8-6-4-5-7-9-8;/h3,8,10H,1,4-7H2,2H3;. The van der Waals surface area contributed by atoms with Crippen molar-refractivity contribution in [1.29, 1.82) is 0 Å². The molecule has 3 heteroatoms. The maximum Gasteiger partial charge on any atom is 0.0912 e. The summed E-state index contributed by atoms with van der Waals surface area (Å²) in [5.74, 6) is 0. The molecule has 68 valence electrons. The molecule has 0 saturated carbocycles. The largest absolute Gasteiger partial charge is 0.382 e. The average molecular weight is 351 g/mol. The van der Waals surface area contributed by atoms with Gasteiger partial charge in [0.25, 0.3) is 0 Å². The van der Waals surface area contributed by atoms with Gasteiger partial charge in [-0.3, -0.25) is 0 Å². The van der Waals surface area contributed by atoms with E-state index in [1.165, 1.54) is 19.3 Å². The first kappa shape index (κ1) is 11.6. The van der Waals surface area contributed by atoms with Gasteiger partial charge in [0.1, 0.15) is 0 Å². The number of ether oxygens (including phenoxy) is 1. The summed E-state index contributed by atoms with van der Waals surface area (Å²) in [5.41, 5.74) is 2.71. The third kappa shape index (κ3) is 3.68. The topological polar surface area (TPSA) is 9.23 Å². The Kier molecular flexibility index (Phi) is 6.50. The van der Waals surface area contributed by atoms with Gasteiger partial charge in [-0.1, -0.05) is 6.55 Å². The van der Waals surface area contributed by atoms with Gasteiger partial charge < -0.3 is 4.74 Å². The quantitative estimate of drug-likeness (QED) is 0.688. The maximum atomic E-state index is 5.62. The predicted octanol–water partition coefficient (Wildman–Crippen LogP) is 1.67. The Morgan fingerprint density at radius 2 is 2.27 bits per heavy atom. The van der Waals surface area contributed by atoms with Crippen molar-refractivity contribution in [2.24, 2.45) is 0 Å². The second kappa shape index (κ2) is 6.16. The first-order valence-corrected chi connectivity index (χ1v) is 6.57. The molecule has 2 unspecified atom stereocenters. The summed E-state index contributed by atoms with van der Waals surface area (Å²) in [6.07, 6.45) is 3.89. The van der Waals surface area contributed by atoms with Crippen LogP contribution in [0.3, 0.4) is 0 Å². The molecule has 2 atom stereocenters. The van der Waals surface area contributed by atoms with Gasteiger partial charge in [-0.2, -0.15) is 0 Å². The Labute approximate surface area is 85.1 Å². The Balaban J connectivity index is 0.000001000. The van der Waals surface area contributed by atoms with Crippen molar-refractivity contribution in [2.75, 3.05) is 6.61 Å². The van der Waals surface area contributed by atoms with Gasteiger partial charge in [0.05, 0.1) is 8.80 Å². The van der Waals surface area contributed by atoms with Gasteiger partial charge in [-0.25, -0.2) is 0 Å². The van der Waals surface area contributed by atoms with Crippen LogP contribution in [0, 0.1) is 0 Å². The Morgan fingerprint density at radius 3 is 2.73 bits per heavy atom. The summed E-state index contributed by atoms with van der Waals surface area (Å²) in [7, 11) is -0.721. The van der Waals surface area contributed by atoms with Crippen molar-refractivity contribution in [3.8, 4) is 0 Å². The fourth-order valence-electron chi connectivity index (χ4n) is 1.33. The smallest absolute Gasteiger partial charge is 0.0912 e. The summed E-state index contributed by atoms with van der Waals surface area (Å²) in [6.45, 7) is 7.11. The fourth-order valence-corrected chi connectivity index (χ4v) is 2.84. The van der Waals surface area contributed by atoms with Crippen LogP contribution in [0.1, 0.15) is 19.3 Å². The van der Waals surface area contributed by atoms with E-state index in [4.69, 9.17) is 4.74 Å². The van der Waals surface area contributed by atoms with Crippen molar-refractivity contribution in [1.82, 2.24) is 0 Å². The molecule has 0 amide bonds. The van der Waals surface area contributed by atoms with E-state index >= 15 is 0 Å². The van der Waals surface area contributed by atoms with E-state index in [2.05, 4.69) is 18.8 Å². The fraction of sp³-hybridized carbons (Fsp3) is 0.750. The molecule has 1 aliphatic heterocycles. The minimum Gasteiger partial charge on any atom is -0.382 e. The monoisotopic (exact) mass is 351 g/mol. The van der Waals surface area contributed by atoms with E-state index < -0.39 is 8.80 Å². The second-order valence-corrected chi connectivity index (χ2v) is 5.93. The van der Waals surface area contributed by atoms with E-state index in [0.29, 0.717) is 5.73 Å². The Morgan fingerprint density at radius 1 is 1.55 bits per heavy atom. The summed E-state index contributed by atoms with van der Waals surface area (Å²) in [6, 6.07) is 0. The summed E-state index contributed by atoms with van der Waals surface area (Å²) in [5, 5.41) is 0. The van der Waals surface area contributed by atoms with Crippen LogP contribution in [0.15, 0.2) is 12.3 Å². The van der Waals surface area contributed by atoms with Gasteiger partial charge in [0.15, 0.2) is 0 Å². The summed E-state index contributed by atoms with van der Waals surface area (Å²) in [4.78, 5) is 0. The minimum atomic E-state index is -0.721. The van der Waals surface area contributed by atoms with Crippen LogP contribution < -0.4 is 0 Å². The van der Waals surface area contributed by atoms with Crippen LogP contribution in [0.4, 0.5) is 0 Å². The molecule has 1 aliphatic rings. The predicted molar refractivity (Wildman–Crippen MR) is 46.8 cm³/mol. The van der Waals surface area contributed by atoms with Gasteiger partial charge >= 0.3 is 0 Å². The van der Waals surface area contributed by atoms with Crippen LogP contribution in [0.2, 0.25) is 6.55 Å². The first-order valence-electron chi connectivity index (χ1n) is 4.08. The summed E-state index contributed by atoms with van der Waals surface area (Å²) >= 11 is 0. The van der Waals surface area contributed by atoms with Crippen LogP contribution in [0.5, 0.6) is 0 Å². The Bertz CT molecular complexity index is 113. The van der Waals surface area contributed by atoms with Crippen LogP contribution in [0.25, 0.3) is 0 Å². The Hall–Kier alpha value is 0.605. The average Bonchev–Trinajstić information content (AvgIpc) is 2.05. The van der Waals surface area contributed by atoms with Gasteiger partial charge in [0, 0.05) is 33.4 Å². The van der Waals surface area contributed by atoms with Gasteiger partial charge in [-0.05, 0) is 19.3 Å². The van der Waals surface area contributed by atoms with Gasteiger partial charge in [-0.15, -0.1) is 12.3 Å². The van der Waals surface area contributed by atoms with Crippen molar-refractivity contribution in [2.45, 2.75) is 31.5 Å². The van der Waals surface area contributed by atoms with Crippen molar-refractivity contribution in [3.63, 3.8) is 0 Å². The zero-order chi connectivity index (χ0) is 7.40. The molecular formula is C8H16OPtSi. The van der Waals surface area contributed by atoms with E-state index in [1.54, 1.807) is 0 Å². The number of hydrogen-bond acceptors (Lipinski definition) is 1. The molecule has 0 spiro atoms. The molecule has 0 aliphatic carbocycles. The molecule has 1 heterocycles. The maximum absolute atomic E-state index is 5.62. The van der Waals surface area contributed by atoms with Crippen molar-refractivity contribution >= 4 is 8.80 Å². The van der Waals surface area contributed by atoms with Gasteiger partial charge in [0.2, 0.25) is 0 Å². The number of hydrogen-bond donors (Lipinski definition) is 0. The van der Waals surface area contributed by atoms with Crippen LogP contribution in [-0.2, 0) is 25.8 Å². The molecular weight excluding hydrogens is 335 g/mol. The molecule has 0 N–H and O–H groups in total. The minimum absolute atomic E-state index is 0. The molecule has 1 saturated heterocycles. The molecule has 0 radical (unpaired) electrons. The molecule has 1 rings (SSSR count). The summed E-state index contributed by atoms with van der Waals surface area (Å²) < 4.78 is 5.62. The normalized spacial score (nSPS) is 26.8. The molecule has 0 aromatic rings. The molecule has 0 aromatic heterocycles. The van der Waals surface area contributed by atoms with Crippen LogP contribution >= 0.6 is 0 Å². The molecule has 1 fully saturated rings. The van der Waals surface area contributed by atoms with Crippen molar-refractivity contribution in [3.05, 3.63) is 12.3 Å². The zero-order valence-electron chi connectivity index (χ0n) is 6.99. The first-order chi connectivity index (χ1) is 4.84. The van der Waals surface area contributed by atoms with E-state index in [-0.39, 0.29) is 21.1 Å². The SMILES string of the molecule is C=C[SiH](C)C1CCCCO1.[Pt]. The van der Waals surface area contributed by atoms with E-state index in [9.17, 15) is 0 Å². The van der Waals surface area contributed by atoms with Crippen LogP contribution in [-0.4, -0.2) is 21.1 Å². The second-order valence-electron chi connectivity index (χ2n) is 3.00. The third-order valence-corrected chi connectivity index (χ3v) is 4.62. The molecule has 11 heavy (non-hydrogen) atoms. The molecule has 0 bridgehead atoms. The van der Waals surface area contributed by atoms with Crippen molar-refractivity contribution < 1.29 is 25.8 Å². The molecule has 0 aromatic carbocycles. The zero-order valence-corrected chi connectivity index (χ0v) is 10.4.